The third-order valence-electron chi connectivity index (χ3n) is 8.47. The Bertz CT molecular complexity index is 1490. The van der Waals surface area contributed by atoms with Gasteiger partial charge in [-0.25, -0.2) is 9.59 Å². The number of amides is 1. The topological polar surface area (TPSA) is 120 Å². The van der Waals surface area contributed by atoms with Gasteiger partial charge in [0, 0.05) is 5.41 Å². The number of carbonyl (C=O) groups is 2. The average molecular weight is 629 g/mol. The summed E-state index contributed by atoms with van der Waals surface area (Å²) < 4.78 is 17.2. The van der Waals surface area contributed by atoms with Crippen molar-refractivity contribution in [3.8, 4) is 5.75 Å². The summed E-state index contributed by atoms with van der Waals surface area (Å²) in [5.74, 6) is 0.110. The van der Waals surface area contributed by atoms with E-state index in [4.69, 9.17) is 19.9 Å². The van der Waals surface area contributed by atoms with E-state index >= 15 is 0 Å². The molecule has 0 aromatic heterocycles. The molecule has 8 heteroatoms. The van der Waals surface area contributed by atoms with E-state index in [0.717, 1.165) is 22.3 Å². The minimum atomic E-state index is -1.92. The van der Waals surface area contributed by atoms with Gasteiger partial charge in [0.15, 0.2) is 5.54 Å². The van der Waals surface area contributed by atoms with Crippen LogP contribution < -0.4 is 15.8 Å². The standard InChI is InChI=1S/C38H48N2O6/c1-7-21-44-31-18-11-15-28(22-31)23-32(40-35(43)46-36(4,5)6)33(41)38(39,34(42)45-25-27-13-9-8-10-14-27)37(19-20-37)30-17-12-16-29(24-30)26(2)3/h7-18,22,24,26,32-33,41H,1,19-21,23,25,39H2,2-6H3,(H,40,43)/t32-,33+,38?/m0/s1. The molecule has 3 aromatic carbocycles. The fourth-order valence-corrected chi connectivity index (χ4v) is 5.89. The normalized spacial score (nSPS) is 16.4. The first-order chi connectivity index (χ1) is 21.8. The molecule has 4 rings (SSSR count). The van der Waals surface area contributed by atoms with E-state index in [1.54, 1.807) is 26.8 Å². The van der Waals surface area contributed by atoms with Crippen LogP contribution in [0.2, 0.25) is 0 Å². The van der Waals surface area contributed by atoms with E-state index in [1.807, 2.05) is 72.8 Å². The Morgan fingerprint density at radius 1 is 1.00 bits per heavy atom. The van der Waals surface area contributed by atoms with Crippen LogP contribution in [-0.2, 0) is 32.7 Å². The summed E-state index contributed by atoms with van der Waals surface area (Å²) in [4.78, 5) is 27.5. The molecule has 0 radical (unpaired) electrons. The molecule has 1 saturated carbocycles. The maximum Gasteiger partial charge on any atom is 0.407 e. The Kier molecular flexibility index (Phi) is 11.0. The predicted octanol–water partition coefficient (Wildman–Crippen LogP) is 6.34. The van der Waals surface area contributed by atoms with Gasteiger partial charge < -0.3 is 30.4 Å². The van der Waals surface area contributed by atoms with Gasteiger partial charge in [0.1, 0.15) is 30.7 Å². The van der Waals surface area contributed by atoms with Crippen LogP contribution >= 0.6 is 0 Å². The van der Waals surface area contributed by atoms with E-state index in [9.17, 15) is 14.7 Å². The van der Waals surface area contributed by atoms with Gasteiger partial charge in [-0.15, -0.1) is 0 Å². The van der Waals surface area contributed by atoms with Crippen LogP contribution in [0, 0.1) is 0 Å². The van der Waals surface area contributed by atoms with Crippen LogP contribution in [0.25, 0.3) is 0 Å². The van der Waals surface area contributed by atoms with Gasteiger partial charge in [0.05, 0.1) is 6.04 Å². The van der Waals surface area contributed by atoms with E-state index in [2.05, 4.69) is 31.8 Å². The monoisotopic (exact) mass is 628 g/mol. The van der Waals surface area contributed by atoms with Gasteiger partial charge in [-0.2, -0.15) is 0 Å². The van der Waals surface area contributed by atoms with Crippen LogP contribution in [0.1, 0.15) is 75.6 Å². The zero-order valence-electron chi connectivity index (χ0n) is 27.6. The van der Waals surface area contributed by atoms with Crippen molar-refractivity contribution in [3.05, 3.63) is 114 Å². The molecule has 4 N–H and O–H groups in total. The molecule has 3 aromatic rings. The maximum absolute atomic E-state index is 14.3. The van der Waals surface area contributed by atoms with E-state index in [1.165, 1.54) is 0 Å². The number of ether oxygens (including phenoxy) is 3. The number of aliphatic hydroxyl groups is 1. The number of alkyl carbamates (subject to hydrolysis) is 1. The molecule has 0 aliphatic heterocycles. The Labute approximate surface area is 272 Å². The number of nitrogens with two attached hydrogens (primary N) is 1. The smallest absolute Gasteiger partial charge is 0.407 e. The molecule has 3 atom stereocenters. The van der Waals surface area contributed by atoms with Crippen molar-refractivity contribution in [3.63, 3.8) is 0 Å². The third kappa shape index (κ3) is 8.17. The first kappa shape index (κ1) is 34.7. The second-order valence-electron chi connectivity index (χ2n) is 13.4. The van der Waals surface area contributed by atoms with Crippen LogP contribution in [-0.4, -0.2) is 47.1 Å². The molecule has 1 fully saturated rings. The first-order valence-electron chi connectivity index (χ1n) is 15.9. The largest absolute Gasteiger partial charge is 0.490 e. The second kappa shape index (κ2) is 14.5. The van der Waals surface area contributed by atoms with Crippen molar-refractivity contribution in [2.24, 2.45) is 5.73 Å². The highest BCUT2D eigenvalue weighted by Gasteiger charge is 2.67. The van der Waals surface area contributed by atoms with E-state index in [-0.39, 0.29) is 18.9 Å². The minimum Gasteiger partial charge on any atom is -0.490 e. The van der Waals surface area contributed by atoms with Gasteiger partial charge >= 0.3 is 12.1 Å². The second-order valence-corrected chi connectivity index (χ2v) is 13.4. The lowest BCUT2D eigenvalue weighted by Gasteiger charge is -2.43. The summed E-state index contributed by atoms with van der Waals surface area (Å²) >= 11 is 0. The predicted molar refractivity (Wildman–Crippen MR) is 180 cm³/mol. The van der Waals surface area contributed by atoms with Crippen molar-refractivity contribution >= 4 is 12.1 Å². The van der Waals surface area contributed by atoms with Crippen LogP contribution in [0.4, 0.5) is 4.79 Å². The molecule has 8 nitrogen and oxygen atoms in total. The van der Waals surface area contributed by atoms with Crippen molar-refractivity contribution in [2.75, 3.05) is 6.61 Å². The quantitative estimate of drug-likeness (QED) is 0.141. The lowest BCUT2D eigenvalue weighted by Crippen LogP contribution is -2.70. The lowest BCUT2D eigenvalue weighted by molar-refractivity contribution is -0.160. The van der Waals surface area contributed by atoms with E-state index in [0.29, 0.717) is 25.2 Å². The molecule has 0 saturated heterocycles. The number of benzene rings is 3. The highest BCUT2D eigenvalue weighted by molar-refractivity contribution is 5.86. The molecule has 0 spiro atoms. The van der Waals surface area contributed by atoms with Crippen molar-refractivity contribution < 1.29 is 28.9 Å². The lowest BCUT2D eigenvalue weighted by atomic mass is 9.70. The molecule has 0 heterocycles. The van der Waals surface area contributed by atoms with Crippen molar-refractivity contribution in [1.82, 2.24) is 5.32 Å². The molecule has 46 heavy (non-hydrogen) atoms. The number of carbonyl (C=O) groups excluding carboxylic acids is 2. The molecule has 1 aliphatic carbocycles. The average Bonchev–Trinajstić information content (AvgIpc) is 3.84. The summed E-state index contributed by atoms with van der Waals surface area (Å²) in [7, 11) is 0. The van der Waals surface area contributed by atoms with Gasteiger partial charge in [-0.05, 0) is 80.3 Å². The van der Waals surface area contributed by atoms with Gasteiger partial charge in [-0.3, -0.25) is 0 Å². The zero-order chi connectivity index (χ0) is 33.5. The maximum atomic E-state index is 14.3. The molecule has 0 bridgehead atoms. The van der Waals surface area contributed by atoms with Crippen LogP contribution in [0.5, 0.6) is 5.75 Å². The fraction of sp³-hybridized carbons (Fsp3) is 0.421. The Hall–Kier alpha value is -4.14. The Morgan fingerprint density at radius 2 is 1.67 bits per heavy atom. The number of hydrogen-bond acceptors (Lipinski definition) is 7. The SMILES string of the molecule is C=CCOc1cccc(C[C@H](NC(=O)OC(C)(C)C)[C@@H](O)C(N)(C(=O)OCc2ccccc2)C2(c3cccc(C(C)C)c3)CC2)c1. The summed E-state index contributed by atoms with van der Waals surface area (Å²) in [6.07, 6.45) is 0.613. The Balaban J connectivity index is 1.77. The molecule has 1 amide bonds. The van der Waals surface area contributed by atoms with Crippen LogP contribution in [0.15, 0.2) is 91.5 Å². The molecular weight excluding hydrogens is 580 g/mol. The van der Waals surface area contributed by atoms with Gasteiger partial charge in [-0.1, -0.05) is 93.2 Å². The molecular formula is C38H48N2O6. The molecule has 1 aliphatic rings. The third-order valence-corrected chi connectivity index (χ3v) is 8.47. The summed E-state index contributed by atoms with van der Waals surface area (Å²) in [5, 5.41) is 15.2. The van der Waals surface area contributed by atoms with Crippen molar-refractivity contribution in [1.29, 1.82) is 0 Å². The van der Waals surface area contributed by atoms with E-state index < -0.39 is 40.8 Å². The number of nitrogens with one attached hydrogen (secondary N) is 1. The zero-order valence-corrected chi connectivity index (χ0v) is 27.6. The highest BCUT2D eigenvalue weighted by atomic mass is 16.6. The van der Waals surface area contributed by atoms with Crippen LogP contribution in [0.3, 0.4) is 0 Å². The summed E-state index contributed by atoms with van der Waals surface area (Å²) in [6, 6.07) is 23.6. The van der Waals surface area contributed by atoms with Gasteiger partial charge in [0.25, 0.3) is 0 Å². The summed E-state index contributed by atoms with van der Waals surface area (Å²) in [5.41, 5.74) is 7.11. The molecule has 246 valence electrons. The van der Waals surface area contributed by atoms with Crippen molar-refractivity contribution in [2.45, 2.75) is 95.1 Å². The number of aliphatic hydroxyl groups excluding tert-OH is 1. The Morgan fingerprint density at radius 3 is 2.30 bits per heavy atom. The number of esters is 1. The number of hydrogen-bond donors (Lipinski definition) is 3. The summed E-state index contributed by atoms with van der Waals surface area (Å²) in [6.45, 7) is 13.5. The van der Waals surface area contributed by atoms with Gasteiger partial charge in [0.2, 0.25) is 0 Å². The fourth-order valence-electron chi connectivity index (χ4n) is 5.89. The number of rotatable bonds is 14. The highest BCUT2D eigenvalue weighted by Crippen LogP contribution is 2.57. The molecule has 1 unspecified atom stereocenters. The minimum absolute atomic E-state index is 0.0136. The first-order valence-corrected chi connectivity index (χ1v) is 15.9.